The van der Waals surface area contributed by atoms with Crippen LogP contribution in [-0.2, 0) is 17.8 Å². The molecule has 2 heterocycles. The molecule has 0 radical (unpaired) electrons. The van der Waals surface area contributed by atoms with Crippen molar-refractivity contribution in [3.8, 4) is 5.75 Å². The van der Waals surface area contributed by atoms with Crippen molar-refractivity contribution in [3.63, 3.8) is 0 Å². The van der Waals surface area contributed by atoms with E-state index in [2.05, 4.69) is 5.32 Å². The van der Waals surface area contributed by atoms with Crippen molar-refractivity contribution < 1.29 is 18.4 Å². The maximum Gasteiger partial charge on any atom is 0.340 e. The molecular formula is C25H25NO5. The molecule has 1 N–H and O–H groups in total. The SMILES string of the molecule is COc1ccc(CNC(=O)Cc2c(C)c3cc4c(C)c(C)oc4c(C)c3oc2=O)cc1. The number of carbonyl (C=O) groups excluding carboxylic acids is 1. The van der Waals surface area contributed by atoms with Crippen molar-refractivity contribution in [2.75, 3.05) is 7.11 Å². The number of nitrogens with one attached hydrogen (secondary N) is 1. The number of amides is 1. The quantitative estimate of drug-likeness (QED) is 0.477. The molecule has 0 aliphatic rings. The molecule has 0 saturated carbocycles. The normalized spacial score (nSPS) is 11.3. The van der Waals surface area contributed by atoms with Gasteiger partial charge in [-0.25, -0.2) is 4.79 Å². The molecule has 0 aliphatic heterocycles. The Morgan fingerprint density at radius 2 is 1.58 bits per heavy atom. The van der Waals surface area contributed by atoms with Gasteiger partial charge in [-0.05, 0) is 62.6 Å². The molecule has 0 spiro atoms. The minimum atomic E-state index is -0.493. The van der Waals surface area contributed by atoms with E-state index in [1.54, 1.807) is 7.11 Å². The summed E-state index contributed by atoms with van der Waals surface area (Å²) in [6.07, 6.45) is -0.0409. The molecule has 0 aliphatic carbocycles. The molecule has 6 nitrogen and oxygen atoms in total. The molecule has 6 heteroatoms. The Morgan fingerprint density at radius 1 is 0.935 bits per heavy atom. The number of benzene rings is 2. The lowest BCUT2D eigenvalue weighted by atomic mass is 9.98. The molecule has 160 valence electrons. The smallest absolute Gasteiger partial charge is 0.340 e. The number of ether oxygens (including phenoxy) is 1. The Kier molecular flexibility index (Phi) is 5.31. The van der Waals surface area contributed by atoms with Crippen LogP contribution in [0.25, 0.3) is 21.9 Å². The van der Waals surface area contributed by atoms with Crippen LogP contribution in [-0.4, -0.2) is 13.0 Å². The highest BCUT2D eigenvalue weighted by molar-refractivity contribution is 6.00. The van der Waals surface area contributed by atoms with Crippen LogP contribution in [0.15, 0.2) is 44.0 Å². The number of fused-ring (bicyclic) bond motifs is 2. The van der Waals surface area contributed by atoms with Gasteiger partial charge in [0.05, 0.1) is 19.1 Å². The van der Waals surface area contributed by atoms with Crippen LogP contribution in [0.4, 0.5) is 0 Å². The fourth-order valence-corrected chi connectivity index (χ4v) is 3.86. The van der Waals surface area contributed by atoms with Crippen LogP contribution in [0.1, 0.15) is 33.6 Å². The lowest BCUT2D eigenvalue weighted by Crippen LogP contribution is -2.27. The second-order valence-corrected chi connectivity index (χ2v) is 7.83. The standard InChI is InChI=1S/C25H25NO5/c1-13-16(4)30-23-15(3)24-20(10-19(13)23)14(2)21(25(28)31-24)11-22(27)26-12-17-6-8-18(29-5)9-7-17/h6-10H,11-12H2,1-5H3,(H,26,27). The van der Waals surface area contributed by atoms with Crippen molar-refractivity contribution in [1.29, 1.82) is 0 Å². The summed E-state index contributed by atoms with van der Waals surface area (Å²) in [6, 6.07) is 9.44. The Balaban J connectivity index is 1.64. The number of methoxy groups -OCH3 is 1. The van der Waals surface area contributed by atoms with Crippen molar-refractivity contribution in [2.24, 2.45) is 0 Å². The van der Waals surface area contributed by atoms with E-state index in [-0.39, 0.29) is 12.3 Å². The first kappa shape index (κ1) is 20.7. The maximum absolute atomic E-state index is 12.7. The van der Waals surface area contributed by atoms with Crippen molar-refractivity contribution in [3.05, 3.63) is 74.3 Å². The minimum Gasteiger partial charge on any atom is -0.497 e. The van der Waals surface area contributed by atoms with Crippen LogP contribution >= 0.6 is 0 Å². The predicted octanol–water partition coefficient (Wildman–Crippen LogP) is 4.64. The first-order valence-corrected chi connectivity index (χ1v) is 10.2. The van der Waals surface area contributed by atoms with Crippen LogP contribution in [0.3, 0.4) is 0 Å². The number of furan rings is 1. The summed E-state index contributed by atoms with van der Waals surface area (Å²) < 4.78 is 16.6. The third-order valence-electron chi connectivity index (χ3n) is 5.93. The average molecular weight is 419 g/mol. The van der Waals surface area contributed by atoms with E-state index >= 15 is 0 Å². The molecule has 0 bridgehead atoms. The van der Waals surface area contributed by atoms with Crippen LogP contribution in [0, 0.1) is 27.7 Å². The minimum absolute atomic E-state index is 0.0409. The zero-order valence-corrected chi connectivity index (χ0v) is 18.3. The van der Waals surface area contributed by atoms with Gasteiger partial charge in [-0.15, -0.1) is 0 Å². The highest BCUT2D eigenvalue weighted by Gasteiger charge is 2.20. The van der Waals surface area contributed by atoms with Crippen molar-refractivity contribution in [2.45, 2.75) is 40.7 Å². The Hall–Kier alpha value is -3.54. The maximum atomic E-state index is 12.7. The Bertz CT molecular complexity index is 1360. The van der Waals surface area contributed by atoms with Gasteiger partial charge in [-0.3, -0.25) is 4.79 Å². The zero-order chi connectivity index (χ0) is 22.3. The summed E-state index contributed by atoms with van der Waals surface area (Å²) >= 11 is 0. The molecule has 0 fully saturated rings. The number of rotatable bonds is 5. The highest BCUT2D eigenvalue weighted by atomic mass is 16.5. The van der Waals surface area contributed by atoms with E-state index in [4.69, 9.17) is 13.6 Å². The molecule has 4 rings (SSSR count). The monoisotopic (exact) mass is 419 g/mol. The summed E-state index contributed by atoms with van der Waals surface area (Å²) in [5, 5.41) is 4.69. The van der Waals surface area contributed by atoms with E-state index in [9.17, 15) is 9.59 Å². The lowest BCUT2D eigenvalue weighted by Gasteiger charge is -2.11. The largest absolute Gasteiger partial charge is 0.497 e. The van der Waals surface area contributed by atoms with Gasteiger partial charge < -0.3 is 18.9 Å². The second-order valence-electron chi connectivity index (χ2n) is 7.83. The van der Waals surface area contributed by atoms with Gasteiger partial charge in [0.15, 0.2) is 0 Å². The molecular weight excluding hydrogens is 394 g/mol. The van der Waals surface area contributed by atoms with Gasteiger partial charge in [0.25, 0.3) is 0 Å². The van der Waals surface area contributed by atoms with Gasteiger partial charge in [0, 0.05) is 22.9 Å². The first-order valence-electron chi connectivity index (χ1n) is 10.2. The lowest BCUT2D eigenvalue weighted by molar-refractivity contribution is -0.120. The molecule has 0 unspecified atom stereocenters. The van der Waals surface area contributed by atoms with Crippen LogP contribution < -0.4 is 15.7 Å². The van der Waals surface area contributed by atoms with E-state index in [1.165, 1.54) is 0 Å². The molecule has 2 aromatic heterocycles. The van der Waals surface area contributed by atoms with Gasteiger partial charge in [0.2, 0.25) is 5.91 Å². The Labute approximate surface area is 179 Å². The van der Waals surface area contributed by atoms with Gasteiger partial charge in [-0.1, -0.05) is 12.1 Å². The second kappa shape index (κ2) is 7.95. The summed E-state index contributed by atoms with van der Waals surface area (Å²) in [5.74, 6) is 1.36. The first-order chi connectivity index (χ1) is 14.8. The van der Waals surface area contributed by atoms with Crippen molar-refractivity contribution in [1.82, 2.24) is 5.32 Å². The van der Waals surface area contributed by atoms with E-state index < -0.39 is 5.63 Å². The topological polar surface area (TPSA) is 81.7 Å². The number of hydrogen-bond acceptors (Lipinski definition) is 5. The van der Waals surface area contributed by atoms with Crippen molar-refractivity contribution >= 4 is 27.8 Å². The molecule has 1 amide bonds. The fourth-order valence-electron chi connectivity index (χ4n) is 3.86. The highest BCUT2D eigenvalue weighted by Crippen LogP contribution is 2.34. The van der Waals surface area contributed by atoms with E-state index in [1.807, 2.05) is 58.0 Å². The summed E-state index contributed by atoms with van der Waals surface area (Å²) in [6.45, 7) is 8.04. The van der Waals surface area contributed by atoms with Crippen LogP contribution in [0.5, 0.6) is 5.75 Å². The third-order valence-corrected chi connectivity index (χ3v) is 5.93. The van der Waals surface area contributed by atoms with Crippen LogP contribution in [0.2, 0.25) is 0 Å². The summed E-state index contributed by atoms with van der Waals surface area (Å²) in [7, 11) is 1.61. The van der Waals surface area contributed by atoms with Gasteiger partial charge in [-0.2, -0.15) is 0 Å². The van der Waals surface area contributed by atoms with E-state index in [0.29, 0.717) is 17.7 Å². The molecule has 31 heavy (non-hydrogen) atoms. The Morgan fingerprint density at radius 3 is 2.26 bits per heavy atom. The predicted molar refractivity (Wildman–Crippen MR) is 120 cm³/mol. The molecule has 2 aromatic carbocycles. The summed E-state index contributed by atoms with van der Waals surface area (Å²) in [4.78, 5) is 25.3. The van der Waals surface area contributed by atoms with E-state index in [0.717, 1.165) is 50.1 Å². The zero-order valence-electron chi connectivity index (χ0n) is 18.3. The number of carbonyl (C=O) groups is 1. The van der Waals surface area contributed by atoms with Gasteiger partial charge in [0.1, 0.15) is 22.7 Å². The third kappa shape index (κ3) is 3.69. The fraction of sp³-hybridized carbons (Fsp3) is 0.280. The molecule has 4 aromatic rings. The molecule has 0 saturated heterocycles. The average Bonchev–Trinajstić information content (AvgIpc) is 3.05. The number of aryl methyl sites for hydroxylation is 4. The summed E-state index contributed by atoms with van der Waals surface area (Å²) in [5.41, 5.74) is 4.67. The molecule has 0 atom stereocenters. The van der Waals surface area contributed by atoms with Gasteiger partial charge >= 0.3 is 5.63 Å². The number of hydrogen-bond donors (Lipinski definition) is 1.